The second kappa shape index (κ2) is 4.62. The van der Waals surface area contributed by atoms with Crippen LogP contribution >= 0.6 is 15.9 Å². The van der Waals surface area contributed by atoms with Crippen LogP contribution < -0.4 is 5.73 Å². The van der Waals surface area contributed by atoms with Gasteiger partial charge < -0.3 is 5.73 Å². The molecule has 1 aliphatic rings. The van der Waals surface area contributed by atoms with Gasteiger partial charge in [0.05, 0.1) is 0 Å². The summed E-state index contributed by atoms with van der Waals surface area (Å²) in [5.74, 6) is 0.647. The van der Waals surface area contributed by atoms with E-state index in [4.69, 9.17) is 5.73 Å². The summed E-state index contributed by atoms with van der Waals surface area (Å²) in [4.78, 5) is 0. The van der Waals surface area contributed by atoms with Crippen molar-refractivity contribution in [1.82, 2.24) is 0 Å². The van der Waals surface area contributed by atoms with Gasteiger partial charge in [-0.2, -0.15) is 0 Å². The second-order valence-electron chi connectivity index (χ2n) is 4.26. The van der Waals surface area contributed by atoms with Gasteiger partial charge in [-0.1, -0.05) is 34.8 Å². The van der Waals surface area contributed by atoms with Gasteiger partial charge in [-0.05, 0) is 30.9 Å². The average molecular weight is 272 g/mol. The monoisotopic (exact) mass is 271 g/mol. The van der Waals surface area contributed by atoms with E-state index in [0.717, 1.165) is 23.2 Å². The molecule has 2 N–H and O–H groups in total. The van der Waals surface area contributed by atoms with Crippen LogP contribution in [-0.2, 0) is 0 Å². The lowest BCUT2D eigenvalue weighted by Gasteiger charge is -2.14. The lowest BCUT2D eigenvalue weighted by molar-refractivity contribution is 0.532. The molecule has 2 rings (SSSR count). The average Bonchev–Trinajstić information content (AvgIpc) is 2.97. The van der Waals surface area contributed by atoms with E-state index >= 15 is 0 Å². The molecule has 0 amide bonds. The molecule has 0 saturated heterocycles. The Morgan fingerprint density at radius 3 is 2.80 bits per heavy atom. The first-order chi connectivity index (χ1) is 7.18. The highest BCUT2D eigenvalue weighted by Crippen LogP contribution is 2.36. The lowest BCUT2D eigenvalue weighted by atomic mass is 10.0. The van der Waals surface area contributed by atoms with Gasteiger partial charge in [0, 0.05) is 16.1 Å². The van der Waals surface area contributed by atoms with Crippen molar-refractivity contribution in [3.8, 4) is 0 Å². The van der Waals surface area contributed by atoms with E-state index in [9.17, 15) is 4.39 Å². The zero-order valence-corrected chi connectivity index (χ0v) is 10.1. The Kier molecular flexibility index (Phi) is 3.42. The van der Waals surface area contributed by atoms with E-state index < -0.39 is 0 Å². The summed E-state index contributed by atoms with van der Waals surface area (Å²) in [5.41, 5.74) is 6.63. The predicted molar refractivity (Wildman–Crippen MR) is 63.0 cm³/mol. The molecule has 1 aromatic rings. The third-order valence-corrected chi connectivity index (χ3v) is 3.64. The molecule has 82 valence electrons. The fraction of sp³-hybridized carbons (Fsp3) is 0.500. The standard InChI is InChI=1S/C12H15BrFN/c13-9-2-1-3-10(14)12(9)11(15)7-6-8-4-5-8/h1-3,8,11H,4-7,15H2. The Morgan fingerprint density at radius 2 is 2.20 bits per heavy atom. The first kappa shape index (κ1) is 11.1. The van der Waals surface area contributed by atoms with Gasteiger partial charge >= 0.3 is 0 Å². The van der Waals surface area contributed by atoms with Gasteiger partial charge in [-0.25, -0.2) is 4.39 Å². The van der Waals surface area contributed by atoms with Gasteiger partial charge in [0.1, 0.15) is 5.82 Å². The number of nitrogens with two attached hydrogens (primary N) is 1. The first-order valence-corrected chi connectivity index (χ1v) is 6.17. The van der Waals surface area contributed by atoms with E-state index in [1.165, 1.54) is 18.9 Å². The fourth-order valence-corrected chi connectivity index (χ4v) is 2.47. The van der Waals surface area contributed by atoms with Crippen molar-refractivity contribution in [3.05, 3.63) is 34.1 Å². The van der Waals surface area contributed by atoms with Crippen molar-refractivity contribution < 1.29 is 4.39 Å². The smallest absolute Gasteiger partial charge is 0.129 e. The van der Waals surface area contributed by atoms with Gasteiger partial charge in [-0.15, -0.1) is 0 Å². The van der Waals surface area contributed by atoms with Crippen LogP contribution in [0.15, 0.2) is 22.7 Å². The van der Waals surface area contributed by atoms with Crippen LogP contribution in [0.25, 0.3) is 0 Å². The van der Waals surface area contributed by atoms with E-state index in [0.29, 0.717) is 5.56 Å². The summed E-state index contributed by atoms with van der Waals surface area (Å²) in [7, 11) is 0. The van der Waals surface area contributed by atoms with Gasteiger partial charge in [-0.3, -0.25) is 0 Å². The van der Waals surface area contributed by atoms with E-state index in [1.807, 2.05) is 6.07 Å². The molecule has 1 fully saturated rings. The quantitative estimate of drug-likeness (QED) is 0.886. The number of benzene rings is 1. The normalized spacial score (nSPS) is 17.8. The molecule has 1 unspecified atom stereocenters. The summed E-state index contributed by atoms with van der Waals surface area (Å²) in [6.07, 6.45) is 4.66. The minimum atomic E-state index is -0.201. The molecule has 0 bridgehead atoms. The highest BCUT2D eigenvalue weighted by Gasteiger charge is 2.23. The van der Waals surface area contributed by atoms with Crippen molar-refractivity contribution in [2.24, 2.45) is 11.7 Å². The highest BCUT2D eigenvalue weighted by atomic mass is 79.9. The highest BCUT2D eigenvalue weighted by molar-refractivity contribution is 9.10. The van der Waals surface area contributed by atoms with Crippen LogP contribution in [0.5, 0.6) is 0 Å². The molecule has 1 atom stereocenters. The van der Waals surface area contributed by atoms with E-state index in [2.05, 4.69) is 15.9 Å². The summed E-state index contributed by atoms with van der Waals surface area (Å²) >= 11 is 3.35. The number of hydrogen-bond donors (Lipinski definition) is 1. The van der Waals surface area contributed by atoms with E-state index in [-0.39, 0.29) is 11.9 Å². The molecule has 1 aromatic carbocycles. The summed E-state index contributed by atoms with van der Waals surface area (Å²) in [6.45, 7) is 0. The van der Waals surface area contributed by atoms with Crippen LogP contribution in [0.3, 0.4) is 0 Å². The van der Waals surface area contributed by atoms with Crippen LogP contribution in [0.2, 0.25) is 0 Å². The Hall–Kier alpha value is -0.410. The summed E-state index contributed by atoms with van der Waals surface area (Å²) in [6, 6.07) is 4.82. The second-order valence-corrected chi connectivity index (χ2v) is 5.12. The first-order valence-electron chi connectivity index (χ1n) is 5.38. The molecule has 0 spiro atoms. The molecule has 1 nitrogen and oxygen atoms in total. The fourth-order valence-electron chi connectivity index (χ4n) is 1.83. The van der Waals surface area contributed by atoms with Crippen LogP contribution in [0, 0.1) is 11.7 Å². The molecule has 0 radical (unpaired) electrons. The van der Waals surface area contributed by atoms with Crippen LogP contribution in [0.1, 0.15) is 37.3 Å². The zero-order valence-electron chi connectivity index (χ0n) is 8.55. The van der Waals surface area contributed by atoms with E-state index in [1.54, 1.807) is 6.07 Å². The molecule has 15 heavy (non-hydrogen) atoms. The Morgan fingerprint density at radius 1 is 1.47 bits per heavy atom. The number of halogens is 2. The maximum absolute atomic E-state index is 13.5. The largest absolute Gasteiger partial charge is 0.324 e. The summed E-state index contributed by atoms with van der Waals surface area (Å²) < 4.78 is 14.3. The number of hydrogen-bond acceptors (Lipinski definition) is 1. The zero-order chi connectivity index (χ0) is 10.8. The van der Waals surface area contributed by atoms with Crippen molar-refractivity contribution in [2.45, 2.75) is 31.7 Å². The molecule has 0 heterocycles. The molecule has 0 aliphatic heterocycles. The molecular weight excluding hydrogens is 257 g/mol. The van der Waals surface area contributed by atoms with Crippen molar-refractivity contribution >= 4 is 15.9 Å². The third-order valence-electron chi connectivity index (χ3n) is 2.95. The Bertz CT molecular complexity index is 329. The van der Waals surface area contributed by atoms with Crippen LogP contribution in [-0.4, -0.2) is 0 Å². The van der Waals surface area contributed by atoms with Crippen molar-refractivity contribution in [3.63, 3.8) is 0 Å². The molecule has 0 aromatic heterocycles. The molecular formula is C12H15BrFN. The van der Waals surface area contributed by atoms with Crippen molar-refractivity contribution in [1.29, 1.82) is 0 Å². The number of rotatable bonds is 4. The minimum Gasteiger partial charge on any atom is -0.324 e. The molecule has 1 saturated carbocycles. The maximum Gasteiger partial charge on any atom is 0.129 e. The van der Waals surface area contributed by atoms with Gasteiger partial charge in [0.25, 0.3) is 0 Å². The SMILES string of the molecule is NC(CCC1CC1)c1c(F)cccc1Br. The maximum atomic E-state index is 13.5. The third kappa shape index (κ3) is 2.79. The lowest BCUT2D eigenvalue weighted by Crippen LogP contribution is -2.13. The van der Waals surface area contributed by atoms with Crippen LogP contribution in [0.4, 0.5) is 4.39 Å². The molecule has 1 aliphatic carbocycles. The summed E-state index contributed by atoms with van der Waals surface area (Å²) in [5, 5.41) is 0. The minimum absolute atomic E-state index is 0.179. The van der Waals surface area contributed by atoms with Gasteiger partial charge in [0.2, 0.25) is 0 Å². The Labute approximate surface area is 98.0 Å². The molecule has 3 heteroatoms. The van der Waals surface area contributed by atoms with Gasteiger partial charge in [0.15, 0.2) is 0 Å². The topological polar surface area (TPSA) is 26.0 Å². The Balaban J connectivity index is 2.05. The predicted octanol–water partition coefficient (Wildman–Crippen LogP) is 3.78. The van der Waals surface area contributed by atoms with Crippen molar-refractivity contribution in [2.75, 3.05) is 0 Å².